The van der Waals surface area contributed by atoms with Gasteiger partial charge in [-0.2, -0.15) is 0 Å². The number of fused-ring (bicyclic) bond motifs is 1. The minimum Gasteiger partial charge on any atom is -0.326 e. The minimum atomic E-state index is -0.205. The fraction of sp³-hybridized carbons (Fsp3) is 0.235. The molecule has 1 aliphatic rings. The van der Waals surface area contributed by atoms with Gasteiger partial charge in [-0.25, -0.2) is 0 Å². The van der Waals surface area contributed by atoms with Crippen molar-refractivity contribution in [2.45, 2.75) is 25.7 Å². The summed E-state index contributed by atoms with van der Waals surface area (Å²) in [6, 6.07) is 8.92. The number of nitrogens with one attached hydrogen (secondary N) is 2. The number of hydrogen-bond acceptors (Lipinski definition) is 3. The molecule has 3 rings (SSSR count). The van der Waals surface area contributed by atoms with Crippen molar-refractivity contribution in [2.75, 3.05) is 10.6 Å². The molecule has 22 heavy (non-hydrogen) atoms. The number of aromatic nitrogens is 1. The van der Waals surface area contributed by atoms with Crippen LogP contribution in [0.25, 0.3) is 0 Å². The maximum Gasteiger partial charge on any atom is 0.255 e. The molecular weight excluding hydrogens is 278 g/mol. The van der Waals surface area contributed by atoms with Gasteiger partial charge in [-0.1, -0.05) is 19.9 Å². The van der Waals surface area contributed by atoms with E-state index in [9.17, 15) is 9.59 Å². The van der Waals surface area contributed by atoms with E-state index in [-0.39, 0.29) is 17.2 Å². The number of benzene rings is 1. The lowest BCUT2D eigenvalue weighted by Crippen LogP contribution is -2.32. The Morgan fingerprint density at radius 1 is 1.23 bits per heavy atom. The van der Waals surface area contributed by atoms with E-state index in [1.165, 1.54) is 0 Å². The van der Waals surface area contributed by atoms with Crippen LogP contribution in [0.4, 0.5) is 11.4 Å². The van der Waals surface area contributed by atoms with E-state index in [0.717, 1.165) is 11.3 Å². The number of amides is 2. The second-order valence-electron chi connectivity index (χ2n) is 6.06. The molecule has 0 saturated heterocycles. The Hall–Kier alpha value is -2.69. The van der Waals surface area contributed by atoms with E-state index in [1.54, 1.807) is 30.6 Å². The lowest BCUT2D eigenvalue weighted by atomic mass is 9.78. The number of pyridine rings is 1. The van der Waals surface area contributed by atoms with Gasteiger partial charge in [-0.05, 0) is 29.8 Å². The van der Waals surface area contributed by atoms with Crippen molar-refractivity contribution in [3.8, 4) is 0 Å². The number of nitrogens with zero attached hydrogens (tertiary/aromatic N) is 1. The summed E-state index contributed by atoms with van der Waals surface area (Å²) in [5, 5.41) is 5.70. The molecule has 5 nitrogen and oxygen atoms in total. The normalized spacial score (nSPS) is 15.6. The molecule has 2 N–H and O–H groups in total. The van der Waals surface area contributed by atoms with E-state index in [0.29, 0.717) is 17.7 Å². The van der Waals surface area contributed by atoms with Crippen molar-refractivity contribution in [3.05, 3.63) is 53.9 Å². The first-order valence-electron chi connectivity index (χ1n) is 7.11. The lowest BCUT2D eigenvalue weighted by Gasteiger charge is -2.32. The first kappa shape index (κ1) is 14.3. The van der Waals surface area contributed by atoms with Crippen LogP contribution >= 0.6 is 0 Å². The van der Waals surface area contributed by atoms with Gasteiger partial charge in [0.1, 0.15) is 0 Å². The van der Waals surface area contributed by atoms with Gasteiger partial charge in [0, 0.05) is 41.2 Å². The van der Waals surface area contributed by atoms with Crippen molar-refractivity contribution in [2.24, 2.45) is 0 Å². The summed E-state index contributed by atoms with van der Waals surface area (Å²) in [6.07, 6.45) is 3.61. The molecular formula is C17H17N3O2. The zero-order valence-electron chi connectivity index (χ0n) is 12.5. The Morgan fingerprint density at radius 2 is 1.95 bits per heavy atom. The topological polar surface area (TPSA) is 71.1 Å². The van der Waals surface area contributed by atoms with Gasteiger partial charge in [0.05, 0.1) is 0 Å². The van der Waals surface area contributed by atoms with Crippen molar-refractivity contribution in [3.63, 3.8) is 0 Å². The Kier molecular flexibility index (Phi) is 3.41. The molecule has 0 saturated carbocycles. The quantitative estimate of drug-likeness (QED) is 0.894. The highest BCUT2D eigenvalue weighted by atomic mass is 16.2. The molecule has 0 radical (unpaired) electrons. The summed E-state index contributed by atoms with van der Waals surface area (Å²) >= 11 is 0. The highest BCUT2D eigenvalue weighted by Crippen LogP contribution is 2.38. The summed E-state index contributed by atoms with van der Waals surface area (Å²) in [5.41, 5.74) is 2.82. The molecule has 1 aromatic heterocycles. The van der Waals surface area contributed by atoms with E-state index in [1.807, 2.05) is 26.0 Å². The van der Waals surface area contributed by atoms with Gasteiger partial charge in [0.15, 0.2) is 0 Å². The summed E-state index contributed by atoms with van der Waals surface area (Å²) in [4.78, 5) is 27.8. The summed E-state index contributed by atoms with van der Waals surface area (Å²) in [5.74, 6) is -0.209. The van der Waals surface area contributed by atoms with Gasteiger partial charge in [-0.3, -0.25) is 14.6 Å². The van der Waals surface area contributed by atoms with Crippen LogP contribution in [-0.4, -0.2) is 16.8 Å². The standard InChI is InChI=1S/C17H17N3O2/c1-17(2)10-15(21)20-14-9-12(3-4-13(14)17)19-16(22)11-5-7-18-8-6-11/h3-9H,10H2,1-2H3,(H,19,22)(H,20,21). The van der Waals surface area contributed by atoms with Crippen molar-refractivity contribution < 1.29 is 9.59 Å². The van der Waals surface area contributed by atoms with Gasteiger partial charge in [-0.15, -0.1) is 0 Å². The molecule has 0 atom stereocenters. The van der Waals surface area contributed by atoms with Crippen LogP contribution in [0.1, 0.15) is 36.2 Å². The number of carbonyl (C=O) groups excluding carboxylic acids is 2. The largest absolute Gasteiger partial charge is 0.326 e. The Labute approximate surface area is 128 Å². The van der Waals surface area contributed by atoms with E-state index in [2.05, 4.69) is 15.6 Å². The van der Waals surface area contributed by atoms with Crippen molar-refractivity contribution in [1.82, 2.24) is 4.98 Å². The third-order valence-corrected chi connectivity index (χ3v) is 3.83. The highest BCUT2D eigenvalue weighted by Gasteiger charge is 2.31. The molecule has 1 aromatic carbocycles. The highest BCUT2D eigenvalue weighted by molar-refractivity contribution is 6.05. The van der Waals surface area contributed by atoms with Gasteiger partial charge < -0.3 is 10.6 Å². The first-order chi connectivity index (χ1) is 10.5. The molecule has 2 heterocycles. The predicted octanol–water partition coefficient (Wildman–Crippen LogP) is 2.95. The fourth-order valence-electron chi connectivity index (χ4n) is 2.71. The maximum atomic E-state index is 12.1. The smallest absolute Gasteiger partial charge is 0.255 e. The van der Waals surface area contributed by atoms with Crippen LogP contribution in [0, 0.1) is 0 Å². The minimum absolute atomic E-state index is 0.00453. The monoisotopic (exact) mass is 295 g/mol. The molecule has 2 aromatic rings. The molecule has 0 unspecified atom stereocenters. The summed E-state index contributed by atoms with van der Waals surface area (Å²) < 4.78 is 0. The average molecular weight is 295 g/mol. The molecule has 0 aliphatic carbocycles. The number of anilines is 2. The summed E-state index contributed by atoms with van der Waals surface area (Å²) in [6.45, 7) is 4.08. The number of hydrogen-bond donors (Lipinski definition) is 2. The number of carbonyl (C=O) groups is 2. The van der Waals surface area contributed by atoms with E-state index >= 15 is 0 Å². The first-order valence-corrected chi connectivity index (χ1v) is 7.11. The van der Waals surface area contributed by atoms with Crippen LogP contribution in [-0.2, 0) is 10.2 Å². The third-order valence-electron chi connectivity index (χ3n) is 3.83. The molecule has 1 aliphatic heterocycles. The second kappa shape index (κ2) is 5.26. The molecule has 112 valence electrons. The van der Waals surface area contributed by atoms with Crippen LogP contribution in [0.2, 0.25) is 0 Å². The van der Waals surface area contributed by atoms with E-state index < -0.39 is 0 Å². The lowest BCUT2D eigenvalue weighted by molar-refractivity contribution is -0.117. The molecule has 5 heteroatoms. The second-order valence-corrected chi connectivity index (χ2v) is 6.06. The van der Waals surface area contributed by atoms with Crippen molar-refractivity contribution in [1.29, 1.82) is 0 Å². The fourth-order valence-corrected chi connectivity index (χ4v) is 2.71. The third kappa shape index (κ3) is 2.70. The molecule has 0 bridgehead atoms. The van der Waals surface area contributed by atoms with E-state index in [4.69, 9.17) is 0 Å². The Morgan fingerprint density at radius 3 is 2.68 bits per heavy atom. The van der Waals surface area contributed by atoms with Gasteiger partial charge >= 0.3 is 0 Å². The van der Waals surface area contributed by atoms with Crippen LogP contribution in [0.3, 0.4) is 0 Å². The van der Waals surface area contributed by atoms with Crippen LogP contribution in [0.5, 0.6) is 0 Å². The molecule has 2 amide bonds. The maximum absolute atomic E-state index is 12.1. The SMILES string of the molecule is CC1(C)CC(=O)Nc2cc(NC(=O)c3ccncc3)ccc21. The van der Waals surface area contributed by atoms with Gasteiger partial charge in [0.25, 0.3) is 5.91 Å². The Balaban J connectivity index is 1.87. The zero-order valence-corrected chi connectivity index (χ0v) is 12.5. The van der Waals surface area contributed by atoms with Crippen LogP contribution in [0.15, 0.2) is 42.7 Å². The predicted molar refractivity (Wildman–Crippen MR) is 84.9 cm³/mol. The molecule has 0 fully saturated rings. The van der Waals surface area contributed by atoms with Crippen molar-refractivity contribution >= 4 is 23.2 Å². The number of rotatable bonds is 2. The zero-order chi connectivity index (χ0) is 15.7. The van der Waals surface area contributed by atoms with Crippen LogP contribution < -0.4 is 10.6 Å². The Bertz CT molecular complexity index is 739. The van der Waals surface area contributed by atoms with Gasteiger partial charge in [0.2, 0.25) is 5.91 Å². The average Bonchev–Trinajstić information content (AvgIpc) is 2.46. The molecule has 0 spiro atoms. The summed E-state index contributed by atoms with van der Waals surface area (Å²) in [7, 11) is 0.